The highest BCUT2D eigenvalue weighted by Crippen LogP contribution is 2.28. The molecule has 1 aromatic carbocycles. The SMILES string of the molecule is N#CCc1nc2c(O)cccc2s1. The summed E-state index contributed by atoms with van der Waals surface area (Å²) in [6, 6.07) is 7.28. The van der Waals surface area contributed by atoms with Crippen LogP contribution in [0, 0.1) is 11.3 Å². The number of fused-ring (bicyclic) bond motifs is 1. The van der Waals surface area contributed by atoms with Gasteiger partial charge in [0.15, 0.2) is 0 Å². The molecule has 0 spiro atoms. The molecule has 0 amide bonds. The Hall–Kier alpha value is -1.60. The van der Waals surface area contributed by atoms with Gasteiger partial charge in [0.2, 0.25) is 0 Å². The molecule has 4 heteroatoms. The predicted octanol–water partition coefficient (Wildman–Crippen LogP) is 2.07. The quantitative estimate of drug-likeness (QED) is 0.748. The first-order valence-corrected chi connectivity index (χ1v) is 4.57. The zero-order chi connectivity index (χ0) is 9.26. The smallest absolute Gasteiger partial charge is 0.142 e. The Morgan fingerprint density at radius 1 is 1.54 bits per heavy atom. The average molecular weight is 190 g/mol. The molecule has 0 unspecified atom stereocenters. The van der Waals surface area contributed by atoms with Crippen LogP contribution in [0.1, 0.15) is 5.01 Å². The van der Waals surface area contributed by atoms with E-state index in [1.165, 1.54) is 11.3 Å². The second kappa shape index (κ2) is 3.04. The van der Waals surface area contributed by atoms with Gasteiger partial charge in [-0.15, -0.1) is 11.3 Å². The molecule has 0 radical (unpaired) electrons. The Balaban J connectivity index is 2.63. The summed E-state index contributed by atoms with van der Waals surface area (Å²) in [6.45, 7) is 0. The molecule has 0 bridgehead atoms. The van der Waals surface area contributed by atoms with Crippen molar-refractivity contribution >= 4 is 21.6 Å². The van der Waals surface area contributed by atoms with E-state index in [2.05, 4.69) is 4.98 Å². The number of nitriles is 1. The molecule has 0 saturated heterocycles. The van der Waals surface area contributed by atoms with Gasteiger partial charge in [0, 0.05) is 0 Å². The maximum Gasteiger partial charge on any atom is 0.142 e. The van der Waals surface area contributed by atoms with Crippen molar-refractivity contribution in [2.45, 2.75) is 6.42 Å². The Bertz CT molecular complexity index is 484. The number of benzene rings is 1. The number of aromatic nitrogens is 1. The van der Waals surface area contributed by atoms with Crippen molar-refractivity contribution in [3.8, 4) is 11.8 Å². The van der Waals surface area contributed by atoms with Gasteiger partial charge >= 0.3 is 0 Å². The zero-order valence-corrected chi connectivity index (χ0v) is 7.51. The average Bonchev–Trinajstić information content (AvgIpc) is 2.49. The maximum atomic E-state index is 9.41. The van der Waals surface area contributed by atoms with Crippen LogP contribution in [0.5, 0.6) is 5.75 Å². The fourth-order valence-electron chi connectivity index (χ4n) is 1.12. The van der Waals surface area contributed by atoms with E-state index in [9.17, 15) is 5.11 Å². The minimum atomic E-state index is 0.179. The van der Waals surface area contributed by atoms with Gasteiger partial charge in [-0.3, -0.25) is 0 Å². The van der Waals surface area contributed by atoms with E-state index in [-0.39, 0.29) is 5.75 Å². The number of aromatic hydroxyl groups is 1. The van der Waals surface area contributed by atoms with Crippen LogP contribution in [0.3, 0.4) is 0 Å². The lowest BCUT2D eigenvalue weighted by atomic mass is 10.3. The molecule has 0 aliphatic carbocycles. The van der Waals surface area contributed by atoms with E-state index in [0.717, 1.165) is 9.71 Å². The molecule has 2 rings (SSSR count). The summed E-state index contributed by atoms with van der Waals surface area (Å²) in [5, 5.41) is 18.6. The summed E-state index contributed by atoms with van der Waals surface area (Å²) < 4.78 is 0.922. The molecule has 1 heterocycles. The van der Waals surface area contributed by atoms with Crippen LogP contribution in [-0.4, -0.2) is 10.1 Å². The summed E-state index contributed by atoms with van der Waals surface area (Å²) in [5.74, 6) is 0.179. The van der Waals surface area contributed by atoms with Crippen LogP contribution >= 0.6 is 11.3 Å². The summed E-state index contributed by atoms with van der Waals surface area (Å²) in [4.78, 5) is 4.15. The summed E-state index contributed by atoms with van der Waals surface area (Å²) >= 11 is 1.44. The van der Waals surface area contributed by atoms with Crippen molar-refractivity contribution in [2.75, 3.05) is 0 Å². The lowest BCUT2D eigenvalue weighted by Crippen LogP contribution is -1.76. The van der Waals surface area contributed by atoms with Crippen LogP contribution in [0.4, 0.5) is 0 Å². The van der Waals surface area contributed by atoms with Crippen LogP contribution in [0.2, 0.25) is 0 Å². The topological polar surface area (TPSA) is 56.9 Å². The van der Waals surface area contributed by atoms with Gasteiger partial charge in [-0.2, -0.15) is 5.26 Å². The first kappa shape index (κ1) is 8.02. The van der Waals surface area contributed by atoms with Crippen LogP contribution in [0.15, 0.2) is 18.2 Å². The first-order chi connectivity index (χ1) is 6.31. The molecule has 1 N–H and O–H groups in total. The second-order valence-corrected chi connectivity index (χ2v) is 3.68. The van der Waals surface area contributed by atoms with E-state index in [1.807, 2.05) is 12.1 Å². The van der Waals surface area contributed by atoms with E-state index in [1.54, 1.807) is 12.1 Å². The van der Waals surface area contributed by atoms with E-state index in [4.69, 9.17) is 5.26 Å². The third-order valence-electron chi connectivity index (χ3n) is 1.67. The number of hydrogen-bond acceptors (Lipinski definition) is 4. The van der Waals surface area contributed by atoms with Crippen LogP contribution < -0.4 is 0 Å². The number of phenolic OH excluding ortho intramolecular Hbond substituents is 1. The molecule has 1 aromatic heterocycles. The number of hydrogen-bond donors (Lipinski definition) is 1. The van der Waals surface area contributed by atoms with Crippen molar-refractivity contribution < 1.29 is 5.11 Å². The fourth-order valence-corrected chi connectivity index (χ4v) is 2.04. The highest BCUT2D eigenvalue weighted by Gasteiger charge is 2.05. The minimum absolute atomic E-state index is 0.179. The predicted molar refractivity (Wildman–Crippen MR) is 50.6 cm³/mol. The van der Waals surface area contributed by atoms with Crippen LogP contribution in [0.25, 0.3) is 10.2 Å². The summed E-state index contributed by atoms with van der Waals surface area (Å²) in [7, 11) is 0. The standard InChI is InChI=1S/C9H6N2OS/c10-5-4-8-11-9-6(12)2-1-3-7(9)13-8/h1-3,12H,4H2. The number of para-hydroxylation sites is 1. The van der Waals surface area contributed by atoms with Gasteiger partial charge in [-0.1, -0.05) is 6.07 Å². The molecular weight excluding hydrogens is 184 g/mol. The molecular formula is C9H6N2OS. The Morgan fingerprint density at radius 3 is 3.08 bits per heavy atom. The Kier molecular flexibility index (Phi) is 1.87. The van der Waals surface area contributed by atoms with Gasteiger partial charge in [-0.25, -0.2) is 4.98 Å². The van der Waals surface area contributed by atoms with Gasteiger partial charge in [0.1, 0.15) is 16.3 Å². The maximum absolute atomic E-state index is 9.41. The lowest BCUT2D eigenvalue weighted by molar-refractivity contribution is 0.480. The molecule has 0 aliphatic rings. The second-order valence-electron chi connectivity index (χ2n) is 2.57. The number of rotatable bonds is 1. The fraction of sp³-hybridized carbons (Fsp3) is 0.111. The molecule has 3 nitrogen and oxygen atoms in total. The van der Waals surface area contributed by atoms with Crippen LogP contribution in [-0.2, 0) is 6.42 Å². The van der Waals surface area contributed by atoms with Gasteiger partial charge in [0.25, 0.3) is 0 Å². The minimum Gasteiger partial charge on any atom is -0.506 e. The van der Waals surface area contributed by atoms with E-state index >= 15 is 0 Å². The number of nitrogens with zero attached hydrogens (tertiary/aromatic N) is 2. The van der Waals surface area contributed by atoms with Crippen molar-refractivity contribution in [1.82, 2.24) is 4.98 Å². The highest BCUT2D eigenvalue weighted by molar-refractivity contribution is 7.18. The first-order valence-electron chi connectivity index (χ1n) is 3.75. The summed E-state index contributed by atoms with van der Waals surface area (Å²) in [5.41, 5.74) is 0.595. The van der Waals surface area contributed by atoms with Crippen molar-refractivity contribution in [3.05, 3.63) is 23.2 Å². The molecule has 64 valence electrons. The zero-order valence-electron chi connectivity index (χ0n) is 6.69. The molecule has 13 heavy (non-hydrogen) atoms. The number of thiazole rings is 1. The molecule has 0 aliphatic heterocycles. The molecule has 2 aromatic rings. The van der Waals surface area contributed by atoms with Crippen molar-refractivity contribution in [3.63, 3.8) is 0 Å². The van der Waals surface area contributed by atoms with Gasteiger partial charge < -0.3 is 5.11 Å². The normalized spacial score (nSPS) is 10.1. The van der Waals surface area contributed by atoms with E-state index in [0.29, 0.717) is 11.9 Å². The molecule has 0 saturated carbocycles. The van der Waals surface area contributed by atoms with Crippen molar-refractivity contribution in [2.24, 2.45) is 0 Å². The Morgan fingerprint density at radius 2 is 2.38 bits per heavy atom. The monoisotopic (exact) mass is 190 g/mol. The van der Waals surface area contributed by atoms with Gasteiger partial charge in [0.05, 0.1) is 17.2 Å². The Labute approximate surface area is 78.9 Å². The summed E-state index contributed by atoms with van der Waals surface area (Å²) in [6.07, 6.45) is 0.304. The molecule has 0 atom stereocenters. The van der Waals surface area contributed by atoms with E-state index < -0.39 is 0 Å². The van der Waals surface area contributed by atoms with Gasteiger partial charge in [-0.05, 0) is 12.1 Å². The number of phenols is 1. The highest BCUT2D eigenvalue weighted by atomic mass is 32.1. The van der Waals surface area contributed by atoms with Crippen molar-refractivity contribution in [1.29, 1.82) is 5.26 Å². The third-order valence-corrected chi connectivity index (χ3v) is 2.69. The largest absolute Gasteiger partial charge is 0.506 e. The third kappa shape index (κ3) is 1.34. The lowest BCUT2D eigenvalue weighted by Gasteiger charge is -1.89. The molecule has 0 fully saturated rings.